The van der Waals surface area contributed by atoms with Gasteiger partial charge >= 0.3 is 0 Å². The van der Waals surface area contributed by atoms with E-state index in [0.717, 1.165) is 31.7 Å². The number of nitrogens with zero attached hydrogens (tertiary/aromatic N) is 1. The SMILES string of the molecule is COCCN1CCC[C@H]1CNC(=O)Cc1ccccc1Cl. The van der Waals surface area contributed by atoms with E-state index in [2.05, 4.69) is 10.2 Å². The van der Waals surface area contributed by atoms with Gasteiger partial charge in [0.1, 0.15) is 0 Å². The molecule has 4 nitrogen and oxygen atoms in total. The van der Waals surface area contributed by atoms with Crippen molar-refractivity contribution >= 4 is 17.5 Å². The Hall–Kier alpha value is -1.10. The van der Waals surface area contributed by atoms with Gasteiger partial charge in [0.25, 0.3) is 0 Å². The minimum atomic E-state index is 0.0293. The van der Waals surface area contributed by atoms with E-state index < -0.39 is 0 Å². The topological polar surface area (TPSA) is 41.6 Å². The summed E-state index contributed by atoms with van der Waals surface area (Å²) in [5.41, 5.74) is 0.874. The standard InChI is InChI=1S/C16H23ClN2O2/c1-21-10-9-19-8-4-6-14(19)12-18-16(20)11-13-5-2-3-7-15(13)17/h2-3,5,7,14H,4,6,8-12H2,1H3,(H,18,20)/t14-/m0/s1. The third-order valence-corrected chi connectivity index (χ3v) is 4.29. The zero-order chi connectivity index (χ0) is 15.1. The predicted molar refractivity (Wildman–Crippen MR) is 84.6 cm³/mol. The van der Waals surface area contributed by atoms with E-state index in [0.29, 0.717) is 24.0 Å². The average Bonchev–Trinajstić information content (AvgIpc) is 2.93. The van der Waals surface area contributed by atoms with Gasteiger partial charge in [0.15, 0.2) is 0 Å². The van der Waals surface area contributed by atoms with Crippen molar-refractivity contribution in [3.05, 3.63) is 34.9 Å². The second-order valence-electron chi connectivity index (χ2n) is 5.40. The number of hydrogen-bond donors (Lipinski definition) is 1. The van der Waals surface area contributed by atoms with Gasteiger partial charge in [0, 0.05) is 31.3 Å². The normalized spacial score (nSPS) is 18.9. The number of rotatable bonds is 7. The molecule has 21 heavy (non-hydrogen) atoms. The molecule has 1 fully saturated rings. The number of hydrogen-bond acceptors (Lipinski definition) is 3. The molecule has 0 bridgehead atoms. The van der Waals surface area contributed by atoms with Crippen molar-refractivity contribution in [2.45, 2.75) is 25.3 Å². The molecule has 0 unspecified atom stereocenters. The number of methoxy groups -OCH3 is 1. The first-order valence-electron chi connectivity index (χ1n) is 7.44. The minimum Gasteiger partial charge on any atom is -0.383 e. The van der Waals surface area contributed by atoms with Crippen molar-refractivity contribution in [1.29, 1.82) is 0 Å². The molecule has 0 aliphatic carbocycles. The summed E-state index contributed by atoms with van der Waals surface area (Å²) in [7, 11) is 1.72. The highest BCUT2D eigenvalue weighted by molar-refractivity contribution is 6.31. The van der Waals surface area contributed by atoms with Gasteiger partial charge in [0.2, 0.25) is 5.91 Å². The number of nitrogens with one attached hydrogen (secondary N) is 1. The Labute approximate surface area is 131 Å². The van der Waals surface area contributed by atoms with Gasteiger partial charge < -0.3 is 10.1 Å². The quantitative estimate of drug-likeness (QED) is 0.838. The van der Waals surface area contributed by atoms with Crippen LogP contribution in [0.25, 0.3) is 0 Å². The van der Waals surface area contributed by atoms with Crippen LogP contribution >= 0.6 is 11.6 Å². The highest BCUT2D eigenvalue weighted by Gasteiger charge is 2.24. The van der Waals surface area contributed by atoms with Crippen LogP contribution < -0.4 is 5.32 Å². The largest absolute Gasteiger partial charge is 0.383 e. The van der Waals surface area contributed by atoms with Crippen LogP contribution in [0.1, 0.15) is 18.4 Å². The fourth-order valence-corrected chi connectivity index (χ4v) is 2.94. The maximum absolute atomic E-state index is 12.0. The number of likely N-dealkylation sites (tertiary alicyclic amines) is 1. The number of amides is 1. The van der Waals surface area contributed by atoms with E-state index in [1.54, 1.807) is 7.11 Å². The van der Waals surface area contributed by atoms with Crippen molar-refractivity contribution in [3.8, 4) is 0 Å². The minimum absolute atomic E-state index is 0.0293. The van der Waals surface area contributed by atoms with Crippen LogP contribution in [0.15, 0.2) is 24.3 Å². The summed E-state index contributed by atoms with van der Waals surface area (Å²) in [6.07, 6.45) is 2.66. The van der Waals surface area contributed by atoms with E-state index in [1.807, 2.05) is 24.3 Å². The molecule has 1 N–H and O–H groups in total. The molecule has 0 spiro atoms. The Balaban J connectivity index is 1.77. The molecule has 1 aromatic rings. The van der Waals surface area contributed by atoms with Gasteiger partial charge in [-0.05, 0) is 31.0 Å². The van der Waals surface area contributed by atoms with Gasteiger partial charge in [-0.3, -0.25) is 9.69 Å². The number of carbonyl (C=O) groups excluding carboxylic acids is 1. The average molecular weight is 311 g/mol. The van der Waals surface area contributed by atoms with Crippen molar-refractivity contribution in [1.82, 2.24) is 10.2 Å². The van der Waals surface area contributed by atoms with E-state index in [4.69, 9.17) is 16.3 Å². The number of halogens is 1. The second kappa shape index (κ2) is 8.37. The van der Waals surface area contributed by atoms with Crippen LogP contribution in [0, 0.1) is 0 Å². The summed E-state index contributed by atoms with van der Waals surface area (Å²) in [6, 6.07) is 7.90. The zero-order valence-corrected chi connectivity index (χ0v) is 13.2. The Morgan fingerprint density at radius 3 is 3.05 bits per heavy atom. The lowest BCUT2D eigenvalue weighted by Crippen LogP contribution is -2.41. The summed E-state index contributed by atoms with van der Waals surface area (Å²) >= 11 is 6.07. The molecule has 1 atom stereocenters. The van der Waals surface area contributed by atoms with Crippen molar-refractivity contribution in [2.75, 3.05) is 33.4 Å². The van der Waals surface area contributed by atoms with Crippen molar-refractivity contribution in [3.63, 3.8) is 0 Å². The molecule has 0 aromatic heterocycles. The lowest BCUT2D eigenvalue weighted by molar-refractivity contribution is -0.120. The predicted octanol–water partition coefficient (Wildman–Crippen LogP) is 2.11. The first-order valence-corrected chi connectivity index (χ1v) is 7.81. The highest BCUT2D eigenvalue weighted by atomic mass is 35.5. The lowest BCUT2D eigenvalue weighted by atomic mass is 10.1. The van der Waals surface area contributed by atoms with Crippen LogP contribution in [0.5, 0.6) is 0 Å². The Bertz CT molecular complexity index is 467. The third kappa shape index (κ3) is 4.99. The molecule has 1 aromatic carbocycles. The molecule has 0 saturated carbocycles. The second-order valence-corrected chi connectivity index (χ2v) is 5.80. The molecule has 1 saturated heterocycles. The summed E-state index contributed by atoms with van der Waals surface area (Å²) in [4.78, 5) is 14.4. The van der Waals surface area contributed by atoms with Crippen LogP contribution in [-0.4, -0.2) is 50.2 Å². The van der Waals surface area contributed by atoms with Gasteiger partial charge in [-0.2, -0.15) is 0 Å². The smallest absolute Gasteiger partial charge is 0.224 e. The summed E-state index contributed by atoms with van der Waals surface area (Å²) < 4.78 is 5.13. The van der Waals surface area contributed by atoms with Crippen LogP contribution in [0.2, 0.25) is 5.02 Å². The molecule has 1 aliphatic rings. The molecular formula is C16H23ClN2O2. The molecule has 1 amide bonds. The van der Waals surface area contributed by atoms with Gasteiger partial charge in [-0.15, -0.1) is 0 Å². The van der Waals surface area contributed by atoms with Crippen molar-refractivity contribution < 1.29 is 9.53 Å². The molecule has 1 aliphatic heterocycles. The fraction of sp³-hybridized carbons (Fsp3) is 0.562. The van der Waals surface area contributed by atoms with Crippen LogP contribution in [-0.2, 0) is 16.0 Å². The van der Waals surface area contributed by atoms with E-state index in [-0.39, 0.29) is 5.91 Å². The lowest BCUT2D eigenvalue weighted by Gasteiger charge is -2.24. The monoisotopic (exact) mass is 310 g/mol. The van der Waals surface area contributed by atoms with Gasteiger partial charge in [-0.25, -0.2) is 0 Å². The van der Waals surface area contributed by atoms with Crippen LogP contribution in [0.4, 0.5) is 0 Å². The maximum Gasteiger partial charge on any atom is 0.224 e. The molecular weight excluding hydrogens is 288 g/mol. The Morgan fingerprint density at radius 2 is 2.29 bits per heavy atom. The Kier molecular flexibility index (Phi) is 6.49. The molecule has 2 rings (SSSR count). The molecule has 5 heteroatoms. The molecule has 116 valence electrons. The Morgan fingerprint density at radius 1 is 1.48 bits per heavy atom. The van der Waals surface area contributed by atoms with Crippen LogP contribution in [0.3, 0.4) is 0 Å². The zero-order valence-electron chi connectivity index (χ0n) is 12.5. The molecule has 0 radical (unpaired) electrons. The number of ether oxygens (including phenoxy) is 1. The summed E-state index contributed by atoms with van der Waals surface area (Å²) in [5, 5.41) is 3.68. The van der Waals surface area contributed by atoms with E-state index in [9.17, 15) is 4.79 Å². The van der Waals surface area contributed by atoms with E-state index in [1.165, 1.54) is 6.42 Å². The third-order valence-electron chi connectivity index (χ3n) is 3.93. The molecule has 1 heterocycles. The number of benzene rings is 1. The van der Waals surface area contributed by atoms with Crippen molar-refractivity contribution in [2.24, 2.45) is 0 Å². The first kappa shape index (κ1) is 16.3. The fourth-order valence-electron chi connectivity index (χ4n) is 2.74. The first-order chi connectivity index (χ1) is 10.2. The van der Waals surface area contributed by atoms with Gasteiger partial charge in [-0.1, -0.05) is 29.8 Å². The van der Waals surface area contributed by atoms with Gasteiger partial charge in [0.05, 0.1) is 13.0 Å². The van der Waals surface area contributed by atoms with E-state index >= 15 is 0 Å². The summed E-state index contributed by atoms with van der Waals surface area (Å²) in [5.74, 6) is 0.0293. The highest BCUT2D eigenvalue weighted by Crippen LogP contribution is 2.17. The summed E-state index contributed by atoms with van der Waals surface area (Å²) in [6.45, 7) is 3.47. The maximum atomic E-state index is 12.0. The number of carbonyl (C=O) groups is 1.